The average molecular weight is 217 g/mol. The van der Waals surface area contributed by atoms with E-state index in [2.05, 4.69) is 4.98 Å². The van der Waals surface area contributed by atoms with Crippen LogP contribution in [0.15, 0.2) is 29.3 Å². The van der Waals surface area contributed by atoms with E-state index in [1.54, 1.807) is 11.8 Å². The summed E-state index contributed by atoms with van der Waals surface area (Å²) in [5.74, 6) is 1.32. The van der Waals surface area contributed by atoms with Gasteiger partial charge in [-0.25, -0.2) is 0 Å². The normalized spacial score (nSPS) is 16.4. The third-order valence-corrected chi connectivity index (χ3v) is 3.83. The largest absolute Gasteiger partial charge is 0.349 e. The maximum absolute atomic E-state index is 11.9. The third-order valence-electron chi connectivity index (χ3n) is 2.75. The molecular weight excluding hydrogens is 206 g/mol. The first kappa shape index (κ1) is 9.04. The van der Waals surface area contributed by atoms with Crippen molar-refractivity contribution in [1.82, 2.24) is 4.98 Å². The number of carbonyl (C=O) groups excluding carboxylic acids is 1. The molecule has 15 heavy (non-hydrogen) atoms. The van der Waals surface area contributed by atoms with Gasteiger partial charge in [-0.2, -0.15) is 0 Å². The van der Waals surface area contributed by atoms with Crippen molar-refractivity contribution in [1.29, 1.82) is 0 Å². The number of thioether (sulfide) groups is 1. The van der Waals surface area contributed by atoms with Gasteiger partial charge in [0, 0.05) is 17.3 Å². The Balaban J connectivity index is 2.32. The van der Waals surface area contributed by atoms with Gasteiger partial charge in [0.05, 0.1) is 10.6 Å². The molecule has 0 atom stereocenters. The van der Waals surface area contributed by atoms with Crippen molar-refractivity contribution in [2.75, 3.05) is 5.75 Å². The second-order valence-electron chi connectivity index (χ2n) is 3.75. The van der Waals surface area contributed by atoms with Gasteiger partial charge in [0.2, 0.25) is 0 Å². The van der Waals surface area contributed by atoms with Crippen LogP contribution >= 0.6 is 11.8 Å². The number of rotatable bonds is 0. The maximum Gasteiger partial charge on any atom is 0.166 e. The minimum absolute atomic E-state index is 0.285. The van der Waals surface area contributed by atoms with Crippen LogP contribution in [0.2, 0.25) is 0 Å². The minimum Gasteiger partial charge on any atom is -0.349 e. The number of ketones is 1. The van der Waals surface area contributed by atoms with Crippen LogP contribution in [-0.2, 0) is 0 Å². The van der Waals surface area contributed by atoms with Crippen LogP contribution in [-0.4, -0.2) is 16.5 Å². The molecule has 0 fully saturated rings. The molecule has 3 rings (SSSR count). The average Bonchev–Trinajstić information content (AvgIpc) is 2.53. The topological polar surface area (TPSA) is 32.9 Å². The van der Waals surface area contributed by atoms with E-state index in [1.807, 2.05) is 24.3 Å². The lowest BCUT2D eigenvalue weighted by Crippen LogP contribution is -1.96. The fraction of sp³-hybridized carbons (Fsp3) is 0.250. The van der Waals surface area contributed by atoms with Crippen molar-refractivity contribution in [3.63, 3.8) is 0 Å². The first-order valence-electron chi connectivity index (χ1n) is 5.13. The Morgan fingerprint density at radius 1 is 1.27 bits per heavy atom. The summed E-state index contributed by atoms with van der Waals surface area (Å²) in [6.45, 7) is 0. The van der Waals surface area contributed by atoms with Gasteiger partial charge in [0.25, 0.3) is 0 Å². The predicted molar refractivity (Wildman–Crippen MR) is 62.6 cm³/mol. The Labute approximate surface area is 92.1 Å². The van der Waals surface area contributed by atoms with Crippen LogP contribution < -0.4 is 0 Å². The van der Waals surface area contributed by atoms with Gasteiger partial charge >= 0.3 is 0 Å². The first-order chi connectivity index (χ1) is 7.36. The van der Waals surface area contributed by atoms with Gasteiger partial charge in [-0.15, -0.1) is 11.8 Å². The number of hydrogen-bond donors (Lipinski definition) is 1. The van der Waals surface area contributed by atoms with E-state index in [0.29, 0.717) is 6.42 Å². The molecule has 1 aromatic carbocycles. The molecular formula is C12H11NOS. The van der Waals surface area contributed by atoms with Gasteiger partial charge < -0.3 is 4.98 Å². The number of aromatic nitrogens is 1. The van der Waals surface area contributed by atoms with E-state index in [9.17, 15) is 4.79 Å². The molecule has 0 spiro atoms. The number of para-hydroxylation sites is 1. The Morgan fingerprint density at radius 2 is 2.13 bits per heavy atom. The Bertz CT molecular complexity index is 529. The van der Waals surface area contributed by atoms with Crippen molar-refractivity contribution in [2.45, 2.75) is 17.9 Å². The molecule has 3 heteroatoms. The van der Waals surface area contributed by atoms with E-state index in [1.165, 1.54) is 0 Å². The summed E-state index contributed by atoms with van der Waals surface area (Å²) in [6.07, 6.45) is 1.67. The summed E-state index contributed by atoms with van der Waals surface area (Å²) in [5, 5.41) is 2.13. The van der Waals surface area contributed by atoms with Gasteiger partial charge in [-0.05, 0) is 18.2 Å². The fourth-order valence-electron chi connectivity index (χ4n) is 2.03. The zero-order chi connectivity index (χ0) is 10.3. The molecule has 2 nitrogen and oxygen atoms in total. The Kier molecular flexibility index (Phi) is 2.06. The number of nitrogens with one attached hydrogen (secondary N) is 1. The van der Waals surface area contributed by atoms with Crippen LogP contribution in [0.5, 0.6) is 0 Å². The summed E-state index contributed by atoms with van der Waals surface area (Å²) >= 11 is 1.76. The molecule has 0 aliphatic carbocycles. The van der Waals surface area contributed by atoms with Crippen LogP contribution in [0.4, 0.5) is 0 Å². The second kappa shape index (κ2) is 3.42. The maximum atomic E-state index is 11.9. The van der Waals surface area contributed by atoms with Gasteiger partial charge in [0.1, 0.15) is 0 Å². The van der Waals surface area contributed by atoms with E-state index >= 15 is 0 Å². The summed E-state index contributed by atoms with van der Waals surface area (Å²) in [6, 6.07) is 8.03. The highest BCUT2D eigenvalue weighted by molar-refractivity contribution is 7.99. The number of H-pyrrole nitrogens is 1. The SMILES string of the molecule is O=C1CCCSc2[nH]c3ccccc3c21. The quantitative estimate of drug-likeness (QED) is 0.734. The van der Waals surface area contributed by atoms with Crippen molar-refractivity contribution in [3.8, 4) is 0 Å². The number of fused-ring (bicyclic) bond motifs is 3. The number of aromatic amines is 1. The van der Waals surface area contributed by atoms with E-state index in [0.717, 1.165) is 33.7 Å². The fourth-order valence-corrected chi connectivity index (χ4v) is 3.08. The van der Waals surface area contributed by atoms with Gasteiger partial charge in [0.15, 0.2) is 5.78 Å². The molecule has 0 saturated carbocycles. The summed E-state index contributed by atoms with van der Waals surface area (Å²) in [7, 11) is 0. The number of carbonyl (C=O) groups is 1. The molecule has 0 saturated heterocycles. The molecule has 0 unspecified atom stereocenters. The Hall–Kier alpha value is -1.22. The zero-order valence-corrected chi connectivity index (χ0v) is 9.06. The molecule has 76 valence electrons. The molecule has 1 aromatic heterocycles. The third kappa shape index (κ3) is 1.38. The van der Waals surface area contributed by atoms with Crippen molar-refractivity contribution in [2.24, 2.45) is 0 Å². The molecule has 0 amide bonds. The lowest BCUT2D eigenvalue weighted by Gasteiger charge is -1.95. The first-order valence-corrected chi connectivity index (χ1v) is 6.11. The van der Waals surface area contributed by atoms with Crippen LogP contribution in [0.25, 0.3) is 10.9 Å². The summed E-state index contributed by atoms with van der Waals surface area (Å²) in [4.78, 5) is 15.3. The second-order valence-corrected chi connectivity index (χ2v) is 4.86. The predicted octanol–water partition coefficient (Wildman–Crippen LogP) is 3.24. The van der Waals surface area contributed by atoms with Crippen LogP contribution in [0.3, 0.4) is 0 Å². The lowest BCUT2D eigenvalue weighted by molar-refractivity contribution is 0.0982. The monoisotopic (exact) mass is 217 g/mol. The van der Waals surface area contributed by atoms with Crippen LogP contribution in [0, 0.1) is 0 Å². The van der Waals surface area contributed by atoms with Crippen molar-refractivity contribution < 1.29 is 4.79 Å². The minimum atomic E-state index is 0.285. The van der Waals surface area contributed by atoms with E-state index < -0.39 is 0 Å². The highest BCUT2D eigenvalue weighted by Crippen LogP contribution is 2.33. The van der Waals surface area contributed by atoms with E-state index in [4.69, 9.17) is 0 Å². The zero-order valence-electron chi connectivity index (χ0n) is 8.25. The smallest absolute Gasteiger partial charge is 0.166 e. The van der Waals surface area contributed by atoms with E-state index in [-0.39, 0.29) is 5.78 Å². The van der Waals surface area contributed by atoms with Gasteiger partial charge in [-0.3, -0.25) is 4.79 Å². The molecule has 2 heterocycles. The van der Waals surface area contributed by atoms with Gasteiger partial charge in [-0.1, -0.05) is 18.2 Å². The lowest BCUT2D eigenvalue weighted by atomic mass is 10.1. The highest BCUT2D eigenvalue weighted by Gasteiger charge is 2.20. The standard InChI is InChI=1S/C12H11NOS/c14-10-6-3-7-15-12-11(10)8-4-1-2-5-9(8)13-12/h1-2,4-5,13H,3,6-7H2. The molecule has 2 aromatic rings. The van der Waals surface area contributed by atoms with Crippen LogP contribution in [0.1, 0.15) is 23.2 Å². The molecule has 1 N–H and O–H groups in total. The number of Topliss-reactive ketones (excluding diaryl/α,β-unsaturated/α-hetero) is 1. The molecule has 1 aliphatic heterocycles. The molecule has 0 radical (unpaired) electrons. The summed E-state index contributed by atoms with van der Waals surface area (Å²) < 4.78 is 0. The number of hydrogen-bond acceptors (Lipinski definition) is 2. The summed E-state index contributed by atoms with van der Waals surface area (Å²) in [5.41, 5.74) is 1.98. The molecule has 1 aliphatic rings. The number of benzene rings is 1. The van der Waals surface area contributed by atoms with Crippen molar-refractivity contribution in [3.05, 3.63) is 29.8 Å². The molecule has 0 bridgehead atoms. The Morgan fingerprint density at radius 3 is 3.07 bits per heavy atom. The highest BCUT2D eigenvalue weighted by atomic mass is 32.2. The van der Waals surface area contributed by atoms with Crippen molar-refractivity contribution >= 4 is 28.4 Å².